The summed E-state index contributed by atoms with van der Waals surface area (Å²) in [6.45, 7) is 1.63. The van der Waals surface area contributed by atoms with Crippen LogP contribution < -0.4 is 9.62 Å². The summed E-state index contributed by atoms with van der Waals surface area (Å²) >= 11 is 5.97. The molecule has 0 aliphatic heterocycles. The van der Waals surface area contributed by atoms with Crippen molar-refractivity contribution in [3.63, 3.8) is 0 Å². The van der Waals surface area contributed by atoms with Crippen LogP contribution in [-0.2, 0) is 14.8 Å². The lowest BCUT2D eigenvalue weighted by atomic mass is 10.1. The van der Waals surface area contributed by atoms with Crippen molar-refractivity contribution in [3.8, 4) is 0 Å². The summed E-state index contributed by atoms with van der Waals surface area (Å²) < 4.78 is 27.8. The van der Waals surface area contributed by atoms with E-state index in [4.69, 9.17) is 11.6 Å². The Morgan fingerprint density at radius 1 is 1.00 bits per heavy atom. The third kappa shape index (κ3) is 5.73. The van der Waals surface area contributed by atoms with Gasteiger partial charge in [0.25, 0.3) is 10.0 Å². The molecule has 1 fully saturated rings. The number of sulfonamides is 1. The molecule has 0 spiro atoms. The number of nitrogens with zero attached hydrogens (tertiary/aromatic N) is 1. The topological polar surface area (TPSA) is 66.5 Å². The first-order chi connectivity index (χ1) is 13.9. The summed E-state index contributed by atoms with van der Waals surface area (Å²) in [5.41, 5.74) is 1.37. The third-order valence-electron chi connectivity index (χ3n) is 5.23. The van der Waals surface area contributed by atoms with E-state index in [2.05, 4.69) is 5.32 Å². The highest BCUT2D eigenvalue weighted by Gasteiger charge is 2.28. The van der Waals surface area contributed by atoms with Gasteiger partial charge in [0.05, 0.1) is 10.6 Å². The molecule has 2 aromatic carbocycles. The number of aryl methyl sites for hydroxylation is 1. The number of anilines is 1. The molecule has 1 N–H and O–H groups in total. The zero-order valence-electron chi connectivity index (χ0n) is 16.6. The van der Waals surface area contributed by atoms with Crippen LogP contribution >= 0.6 is 11.6 Å². The summed E-state index contributed by atoms with van der Waals surface area (Å²) in [4.78, 5) is 12.9. The average molecular weight is 435 g/mol. The summed E-state index contributed by atoms with van der Waals surface area (Å²) in [6.07, 6.45) is 6.44. The number of hydrogen-bond acceptors (Lipinski definition) is 3. The van der Waals surface area contributed by atoms with Crippen LogP contribution in [0, 0.1) is 6.92 Å². The Morgan fingerprint density at radius 2 is 1.59 bits per heavy atom. The van der Waals surface area contributed by atoms with Crippen LogP contribution in [0.3, 0.4) is 0 Å². The smallest absolute Gasteiger partial charge is 0.264 e. The van der Waals surface area contributed by atoms with Crippen LogP contribution in [0.5, 0.6) is 0 Å². The molecule has 156 valence electrons. The Morgan fingerprint density at radius 3 is 2.17 bits per heavy atom. The molecule has 1 amide bonds. The maximum absolute atomic E-state index is 13.3. The van der Waals surface area contributed by atoms with E-state index in [1.54, 1.807) is 48.5 Å². The van der Waals surface area contributed by atoms with Gasteiger partial charge in [0.15, 0.2) is 0 Å². The molecule has 0 atom stereocenters. The molecule has 0 saturated heterocycles. The minimum Gasteiger partial charge on any atom is -0.352 e. The lowest BCUT2D eigenvalue weighted by Crippen LogP contribution is -2.44. The van der Waals surface area contributed by atoms with E-state index in [1.807, 2.05) is 6.92 Å². The number of halogens is 1. The number of benzene rings is 2. The molecule has 5 nitrogen and oxygen atoms in total. The molecule has 0 bridgehead atoms. The zero-order valence-corrected chi connectivity index (χ0v) is 18.2. The van der Waals surface area contributed by atoms with Gasteiger partial charge in [0, 0.05) is 11.1 Å². The summed E-state index contributed by atoms with van der Waals surface area (Å²) in [5, 5.41) is 3.54. The number of carbonyl (C=O) groups is 1. The predicted octanol–water partition coefficient (Wildman–Crippen LogP) is 4.68. The fourth-order valence-electron chi connectivity index (χ4n) is 3.59. The van der Waals surface area contributed by atoms with Crippen molar-refractivity contribution in [1.29, 1.82) is 0 Å². The van der Waals surface area contributed by atoms with Gasteiger partial charge in [-0.05, 0) is 56.2 Å². The fourth-order valence-corrected chi connectivity index (χ4v) is 5.13. The van der Waals surface area contributed by atoms with Crippen molar-refractivity contribution in [2.24, 2.45) is 0 Å². The predicted molar refractivity (Wildman–Crippen MR) is 117 cm³/mol. The number of carbonyl (C=O) groups excluding carboxylic acids is 1. The van der Waals surface area contributed by atoms with Crippen LogP contribution in [0.15, 0.2) is 53.4 Å². The van der Waals surface area contributed by atoms with Crippen molar-refractivity contribution in [1.82, 2.24) is 5.32 Å². The molecule has 2 aromatic rings. The maximum Gasteiger partial charge on any atom is 0.264 e. The first-order valence-corrected chi connectivity index (χ1v) is 11.8. The monoisotopic (exact) mass is 434 g/mol. The molecular formula is C22H27ClN2O3S. The van der Waals surface area contributed by atoms with Crippen molar-refractivity contribution < 1.29 is 13.2 Å². The molecule has 1 aliphatic rings. The van der Waals surface area contributed by atoms with E-state index in [0.29, 0.717) is 10.7 Å². The Bertz CT molecular complexity index is 920. The number of rotatable bonds is 6. The average Bonchev–Trinajstić information content (AvgIpc) is 2.96. The van der Waals surface area contributed by atoms with Gasteiger partial charge >= 0.3 is 0 Å². The molecule has 0 radical (unpaired) electrons. The SMILES string of the molecule is Cc1ccc(S(=O)(=O)N(CC(=O)NC2CCCCCC2)c2ccc(Cl)cc2)cc1. The quantitative estimate of drug-likeness (QED) is 0.671. The van der Waals surface area contributed by atoms with Gasteiger partial charge < -0.3 is 5.32 Å². The lowest BCUT2D eigenvalue weighted by molar-refractivity contribution is -0.120. The molecule has 29 heavy (non-hydrogen) atoms. The minimum absolute atomic E-state index is 0.110. The second kappa shape index (κ2) is 9.63. The summed E-state index contributed by atoms with van der Waals surface area (Å²) in [5.74, 6) is -0.289. The van der Waals surface area contributed by atoms with E-state index >= 15 is 0 Å². The van der Waals surface area contributed by atoms with Gasteiger partial charge in [-0.15, -0.1) is 0 Å². The molecular weight excluding hydrogens is 408 g/mol. The third-order valence-corrected chi connectivity index (χ3v) is 7.27. The van der Waals surface area contributed by atoms with E-state index in [9.17, 15) is 13.2 Å². The van der Waals surface area contributed by atoms with Crippen molar-refractivity contribution >= 4 is 33.2 Å². The number of hydrogen-bond donors (Lipinski definition) is 1. The van der Waals surface area contributed by atoms with Gasteiger partial charge in [0.2, 0.25) is 5.91 Å². The van der Waals surface area contributed by atoms with Crippen LogP contribution in [0.1, 0.15) is 44.1 Å². The largest absolute Gasteiger partial charge is 0.352 e. The van der Waals surface area contributed by atoms with Crippen molar-refractivity contribution in [2.45, 2.75) is 56.4 Å². The highest BCUT2D eigenvalue weighted by Crippen LogP contribution is 2.25. The fraction of sp³-hybridized carbons (Fsp3) is 0.409. The van der Waals surface area contributed by atoms with Crippen LogP contribution in [0.4, 0.5) is 5.69 Å². The molecule has 1 saturated carbocycles. The zero-order chi connectivity index (χ0) is 20.9. The van der Waals surface area contributed by atoms with Crippen molar-refractivity contribution in [2.75, 3.05) is 10.8 Å². The molecule has 1 aliphatic carbocycles. The highest BCUT2D eigenvalue weighted by molar-refractivity contribution is 7.92. The van der Waals surface area contributed by atoms with Gasteiger partial charge in [0.1, 0.15) is 6.54 Å². The van der Waals surface area contributed by atoms with Crippen molar-refractivity contribution in [3.05, 3.63) is 59.1 Å². The standard InChI is InChI=1S/C22H27ClN2O3S/c1-17-8-14-21(15-9-17)29(27,28)25(20-12-10-18(23)11-13-20)16-22(26)24-19-6-4-2-3-5-7-19/h8-15,19H,2-7,16H2,1H3,(H,24,26). The molecule has 0 unspecified atom stereocenters. The van der Waals surface area contributed by atoms with Gasteiger partial charge in [-0.25, -0.2) is 8.42 Å². The second-order valence-corrected chi connectivity index (χ2v) is 9.86. The van der Waals surface area contributed by atoms with E-state index in [0.717, 1.165) is 35.6 Å². The number of amides is 1. The Kier molecular flexibility index (Phi) is 7.19. The number of nitrogens with one attached hydrogen (secondary N) is 1. The Balaban J connectivity index is 1.85. The van der Waals surface area contributed by atoms with Gasteiger partial charge in [-0.3, -0.25) is 9.10 Å². The van der Waals surface area contributed by atoms with Crippen LogP contribution in [0.25, 0.3) is 0 Å². The summed E-state index contributed by atoms with van der Waals surface area (Å²) in [7, 11) is -3.90. The van der Waals surface area contributed by atoms with Crippen LogP contribution in [0.2, 0.25) is 5.02 Å². The summed E-state index contributed by atoms with van der Waals surface area (Å²) in [6, 6.07) is 13.2. The van der Waals surface area contributed by atoms with Gasteiger partial charge in [-0.1, -0.05) is 55.0 Å². The minimum atomic E-state index is -3.90. The lowest BCUT2D eigenvalue weighted by Gasteiger charge is -2.25. The van der Waals surface area contributed by atoms with E-state index in [1.165, 1.54) is 12.8 Å². The first kappa shape index (κ1) is 21.7. The Labute approximate surface area is 178 Å². The molecule has 0 heterocycles. The normalized spacial score (nSPS) is 15.5. The first-order valence-electron chi connectivity index (χ1n) is 10.0. The van der Waals surface area contributed by atoms with Crippen LogP contribution in [-0.4, -0.2) is 26.9 Å². The van der Waals surface area contributed by atoms with Gasteiger partial charge in [-0.2, -0.15) is 0 Å². The molecule has 0 aromatic heterocycles. The molecule has 7 heteroatoms. The van der Waals surface area contributed by atoms with E-state index in [-0.39, 0.29) is 23.4 Å². The molecule has 3 rings (SSSR count). The van der Waals surface area contributed by atoms with E-state index < -0.39 is 10.0 Å². The highest BCUT2D eigenvalue weighted by atomic mass is 35.5. The second-order valence-electron chi connectivity index (χ2n) is 7.56. The maximum atomic E-state index is 13.3. The Hall–Kier alpha value is -2.05.